The molecule has 0 aromatic heterocycles. The third-order valence-electron chi connectivity index (χ3n) is 0. The topological polar surface area (TPSA) is 35.0 Å². The zero-order chi connectivity index (χ0) is 6.71. The summed E-state index contributed by atoms with van der Waals surface area (Å²) in [5.74, 6) is 0. The quantitative estimate of drug-likeness (QED) is 0.286. The van der Waals surface area contributed by atoms with Crippen LogP contribution in [0.2, 0.25) is 0 Å². The van der Waals surface area contributed by atoms with Crippen LogP contribution in [0.3, 0.4) is 0 Å². The summed E-state index contributed by atoms with van der Waals surface area (Å²) < 4.78 is 0. The fourth-order valence-corrected chi connectivity index (χ4v) is 0. The van der Waals surface area contributed by atoms with E-state index in [0.717, 1.165) is 0 Å². The maximum absolute atomic E-state index is 2.39. The summed E-state index contributed by atoms with van der Waals surface area (Å²) >= 11 is 13.8. The third kappa shape index (κ3) is 144. The zero-order valence-electron chi connectivity index (χ0n) is 4.67. The molecule has 0 rings (SSSR count). The second kappa shape index (κ2) is 124. The normalized spacial score (nSPS) is 2.27. The molecular weight excluding hydrogens is 1440 g/mol. The Bertz CT molecular complexity index is 22.1. The van der Waals surface area contributed by atoms with Crippen LogP contribution in [-0.4, -0.2) is 0 Å². The van der Waals surface area contributed by atoms with E-state index in [9.17, 15) is 0 Å². The molecule has 0 aliphatic rings. The maximum Gasteiger partial charge on any atom is 0 e. The molecule has 0 saturated carbocycles. The van der Waals surface area contributed by atoms with Gasteiger partial charge in [0.15, 0.2) is 0 Å². The molecular formula is C4H21I9NU-. The molecule has 110 valence electrons. The summed E-state index contributed by atoms with van der Waals surface area (Å²) in [6, 6.07) is 0. The number of halogens is 9. The predicted octanol–water partition coefficient (Wildman–Crippen LogP) is 6.26. The number of hydrogen-bond donors (Lipinski definition) is 1. The van der Waals surface area contributed by atoms with Crippen LogP contribution < -0.4 is 19.4 Å². The first kappa shape index (κ1) is 78.4. The van der Waals surface area contributed by atoms with Crippen LogP contribution in [-0.2, 0) is 0 Å². The Morgan fingerprint density at radius 2 is 0.600 bits per heavy atom. The van der Waals surface area contributed by atoms with Crippen LogP contribution in [0.25, 0.3) is 0 Å². The predicted molar refractivity (Wildman–Crippen MR) is 147 cm³/mol. The first-order valence-electron chi connectivity index (χ1n) is 0.571. The van der Waals surface area contributed by atoms with E-state index >= 15 is 0 Å². The van der Waals surface area contributed by atoms with Crippen molar-refractivity contribution in [3.63, 3.8) is 0 Å². The molecule has 0 unspecified atom stereocenters. The van der Waals surface area contributed by atoms with E-state index in [0.29, 0.717) is 13.3 Å². The molecule has 0 amide bonds. The van der Waals surface area contributed by atoms with Crippen LogP contribution in [0.15, 0.2) is 0 Å². The van der Waals surface area contributed by atoms with Gasteiger partial charge in [0.2, 0.25) is 0 Å². The smallest absolute Gasteiger partial charge is 0 e. The monoisotopic (exact) mass is 1460 g/mol. The second-order valence-electron chi connectivity index (χ2n) is 0.0540. The van der Waals surface area contributed by atoms with Gasteiger partial charge in [0.05, 0.1) is 0 Å². The summed E-state index contributed by atoms with van der Waals surface area (Å²) in [5.41, 5.74) is 0. The molecule has 15 heavy (non-hydrogen) atoms. The molecule has 0 aliphatic heterocycles. The van der Waals surface area contributed by atoms with E-state index < -0.39 is 0 Å². The van der Waals surface area contributed by atoms with Crippen molar-refractivity contribution in [1.82, 2.24) is 6.15 Å². The Hall–Kier alpha value is 7.58. The van der Waals surface area contributed by atoms with E-state index in [1.165, 1.54) is 0 Å². The van der Waals surface area contributed by atoms with Crippen molar-refractivity contribution in [2.45, 2.75) is 29.7 Å². The van der Waals surface area contributed by atoms with Crippen molar-refractivity contribution in [2.75, 3.05) is 0 Å². The third-order valence-corrected chi connectivity index (χ3v) is 0. The Morgan fingerprint density at radius 1 is 0.600 bits per heavy atom. The molecule has 0 aromatic rings. The van der Waals surface area contributed by atoms with Gasteiger partial charge in [-0.25, -0.2) is 0 Å². The molecule has 0 atom stereocenters. The van der Waals surface area contributed by atoms with E-state index in [-0.39, 0.29) is 115 Å². The van der Waals surface area contributed by atoms with Gasteiger partial charge >= 0.3 is 50.5 Å². The van der Waals surface area contributed by atoms with Gasteiger partial charge in [0.25, 0.3) is 0 Å². The Morgan fingerprint density at radius 3 is 0.600 bits per heavy atom. The molecule has 11 heteroatoms. The molecule has 1 nitrogen and oxygen atoms in total. The van der Waals surface area contributed by atoms with Crippen LogP contribution in [0, 0.1) is 31.1 Å². The van der Waals surface area contributed by atoms with Crippen LogP contribution in [0.5, 0.6) is 0 Å². The minimum atomic E-state index is 0. The fourth-order valence-electron chi connectivity index (χ4n) is 0. The van der Waals surface area contributed by atoms with Crippen molar-refractivity contribution in [3.8, 4) is 0 Å². The summed E-state index contributed by atoms with van der Waals surface area (Å²) in [6.07, 6.45) is 0. The summed E-state index contributed by atoms with van der Waals surface area (Å²) in [5, 5.41) is 0. The van der Waals surface area contributed by atoms with E-state index in [1.807, 2.05) is 0 Å². The number of rotatable bonds is 0. The van der Waals surface area contributed by atoms with Gasteiger partial charge in [-0.3, -0.25) is 0 Å². The zero-order valence-corrected chi connectivity index (χ0v) is 28.6. The molecule has 0 radical (unpaired) electrons. The first-order valence-corrected chi connectivity index (χ1v) is 25.7. The Kier molecular flexibility index (Phi) is 649. The van der Waals surface area contributed by atoms with Crippen molar-refractivity contribution >= 4 is 160 Å². The van der Waals surface area contributed by atoms with Crippen LogP contribution in [0.1, 0.15) is 29.7 Å². The molecule has 3 N–H and O–H groups in total. The van der Waals surface area contributed by atoms with Crippen LogP contribution >= 0.6 is 160 Å². The summed E-state index contributed by atoms with van der Waals surface area (Å²) in [7, 11) is 0. The van der Waals surface area contributed by atoms with E-state index in [1.54, 1.807) is 0 Å². The average molecular weight is 1460 g/mol. The average Bonchev–Trinajstić information content (AvgIpc) is 1.78. The van der Waals surface area contributed by atoms with E-state index in [4.69, 9.17) is 0 Å². The molecule has 0 aromatic carbocycles. The van der Waals surface area contributed by atoms with Gasteiger partial charge in [0, 0.05) is 106 Å². The molecule has 0 heterocycles. The Labute approximate surface area is 232 Å². The van der Waals surface area contributed by atoms with Crippen molar-refractivity contribution in [1.29, 1.82) is 0 Å². The molecule has 0 spiro atoms. The van der Waals surface area contributed by atoms with Crippen LogP contribution in [0.4, 0.5) is 0 Å². The van der Waals surface area contributed by atoms with Gasteiger partial charge in [0.1, 0.15) is 0 Å². The SMILES string of the molecule is C.C.C.C.I.I.II.II.I[I-]I.N.[U]. The van der Waals surface area contributed by atoms with Gasteiger partial charge in [-0.2, -0.15) is 0 Å². The van der Waals surface area contributed by atoms with Crippen molar-refractivity contribution in [3.05, 3.63) is 0 Å². The standard InChI is InChI=1S/4CH4.I3.2I2.2HI.H3N.U/c;;;;1-3-2;2*1-2;;;;/h4*1H4;;;;2*1H;1H3;/q;;;;-1;;;;;;. The largest absolute Gasteiger partial charge is 0.344 e. The van der Waals surface area contributed by atoms with Gasteiger partial charge in [-0.15, -0.1) is 48.0 Å². The summed E-state index contributed by atoms with van der Waals surface area (Å²) in [4.78, 5) is 0. The molecule has 0 bridgehead atoms. The first-order chi connectivity index (χ1) is 3.41. The molecule has 0 saturated heterocycles. The van der Waals surface area contributed by atoms with Gasteiger partial charge in [-0.05, 0) is 0 Å². The minimum Gasteiger partial charge on any atom is -0.344 e. The number of hydrogen-bond acceptors (Lipinski definition) is 1. The fraction of sp³-hybridized carbons (Fsp3) is 1.00. The summed E-state index contributed by atoms with van der Waals surface area (Å²) in [6.45, 7) is 0. The molecule has 0 fully saturated rings. The van der Waals surface area contributed by atoms with E-state index in [2.05, 4.69) is 112 Å². The van der Waals surface area contributed by atoms with Crippen molar-refractivity contribution < 1.29 is 44.4 Å². The van der Waals surface area contributed by atoms with Gasteiger partial charge < -0.3 is 6.15 Å². The minimum absolute atomic E-state index is 0. The molecule has 0 aliphatic carbocycles. The Balaban J connectivity index is -0.00000000142. The van der Waals surface area contributed by atoms with Crippen molar-refractivity contribution in [2.24, 2.45) is 0 Å². The second-order valence-corrected chi connectivity index (χ2v) is 16.3. The van der Waals surface area contributed by atoms with Gasteiger partial charge in [-0.1, -0.05) is 29.7 Å². The maximum atomic E-state index is 2.39.